The summed E-state index contributed by atoms with van der Waals surface area (Å²) < 4.78 is 47.6. The van der Waals surface area contributed by atoms with Crippen LogP contribution in [-0.2, 0) is 28.9 Å². The molecule has 12 nitrogen and oxygen atoms in total. The largest absolute Gasteiger partial charge is 0.397 e. The number of allylic oxidation sites excluding steroid dienone is 3. The molecule has 1 heterocycles. The van der Waals surface area contributed by atoms with Gasteiger partial charge in [-0.15, -0.1) is 0 Å². The maximum absolute atomic E-state index is 13.0. The maximum atomic E-state index is 13.0. The fourth-order valence-corrected chi connectivity index (χ4v) is 8.37. The molecule has 1 aliphatic heterocycles. The van der Waals surface area contributed by atoms with Gasteiger partial charge >= 0.3 is 10.4 Å². The van der Waals surface area contributed by atoms with Crippen LogP contribution in [0.3, 0.4) is 0 Å². The summed E-state index contributed by atoms with van der Waals surface area (Å²) >= 11 is 0. The average molecular weight is 890 g/mol. The SMILES string of the molecule is CCCCCCCCC/C=C\CCCCCCCC(=O)NC(COC1OC(CO)C(O)C(OS(=O)(=O)O)C1O)C(O)/C=C/CCCCCCCCCCCCCCCCCC. The zero-order chi connectivity index (χ0) is 44.8. The van der Waals surface area contributed by atoms with Crippen LogP contribution >= 0.6 is 0 Å². The van der Waals surface area contributed by atoms with Crippen LogP contribution in [0.2, 0.25) is 0 Å². The Bertz CT molecular complexity index is 1190. The number of unbranched alkanes of at least 4 members (excludes halogenated alkanes) is 28. The molecule has 360 valence electrons. The number of ether oxygens (including phenoxy) is 2. The minimum Gasteiger partial charge on any atom is -0.394 e. The highest BCUT2D eigenvalue weighted by Gasteiger charge is 2.48. The number of carbonyl (C=O) groups excluding carboxylic acids is 1. The van der Waals surface area contributed by atoms with E-state index in [1.165, 1.54) is 135 Å². The van der Waals surface area contributed by atoms with Gasteiger partial charge in [-0.1, -0.05) is 192 Å². The Kier molecular flexibility index (Phi) is 36.8. The number of aliphatic hydroxyl groups is 4. The molecule has 7 atom stereocenters. The minimum absolute atomic E-state index is 0.260. The summed E-state index contributed by atoms with van der Waals surface area (Å²) in [7, 11) is -5.09. The average Bonchev–Trinajstić information content (AvgIpc) is 3.23. The van der Waals surface area contributed by atoms with Gasteiger partial charge in [0.05, 0.1) is 25.4 Å². The van der Waals surface area contributed by atoms with E-state index in [-0.39, 0.29) is 18.9 Å². The van der Waals surface area contributed by atoms with Gasteiger partial charge in [-0.25, -0.2) is 4.18 Å². The summed E-state index contributed by atoms with van der Waals surface area (Å²) in [6.07, 6.45) is 36.4. The zero-order valence-electron chi connectivity index (χ0n) is 38.5. The molecule has 0 aliphatic carbocycles. The molecule has 0 aromatic carbocycles. The first-order valence-corrected chi connectivity index (χ1v) is 26.1. The van der Waals surface area contributed by atoms with E-state index >= 15 is 0 Å². The Morgan fingerprint density at radius 1 is 0.639 bits per heavy atom. The molecule has 0 aromatic rings. The Balaban J connectivity index is 2.50. The van der Waals surface area contributed by atoms with Crippen molar-refractivity contribution >= 4 is 16.3 Å². The standard InChI is InChI=1S/C48H91NO11S/c1-3-5-7-9-11-13-15-17-19-21-22-23-25-27-29-31-33-35-37-42(51)41(40-58-48-46(54)47(60-61(55,56)57)45(53)43(39-50)59-48)49-44(52)38-36-34-32-30-28-26-24-20-18-16-14-12-10-8-6-4-2/h20,24,35,37,41-43,45-48,50-51,53-54H,3-19,21-23,25-34,36,38-40H2,1-2H3,(H,49,52)(H,55,56,57)/b24-20-,37-35+. The van der Waals surface area contributed by atoms with E-state index < -0.39 is 59.9 Å². The lowest BCUT2D eigenvalue weighted by atomic mass is 9.99. The predicted molar refractivity (Wildman–Crippen MR) is 245 cm³/mol. The fraction of sp³-hybridized carbons (Fsp3) is 0.896. The number of carbonyl (C=O) groups is 1. The number of amides is 1. The van der Waals surface area contributed by atoms with Gasteiger partial charge in [0.25, 0.3) is 0 Å². The Morgan fingerprint density at radius 2 is 1.05 bits per heavy atom. The van der Waals surface area contributed by atoms with Crippen LogP contribution in [0, 0.1) is 0 Å². The third-order valence-corrected chi connectivity index (χ3v) is 12.2. The van der Waals surface area contributed by atoms with Crippen molar-refractivity contribution in [3.8, 4) is 0 Å². The highest BCUT2D eigenvalue weighted by atomic mass is 32.3. The van der Waals surface area contributed by atoms with Crippen molar-refractivity contribution in [2.24, 2.45) is 0 Å². The molecule has 0 aromatic heterocycles. The van der Waals surface area contributed by atoms with Gasteiger partial charge in [0.2, 0.25) is 5.91 Å². The second-order valence-corrected chi connectivity index (χ2v) is 18.4. The van der Waals surface area contributed by atoms with Gasteiger partial charge < -0.3 is 35.2 Å². The first kappa shape index (κ1) is 57.6. The van der Waals surface area contributed by atoms with Crippen LogP contribution in [0.1, 0.15) is 219 Å². The fourth-order valence-electron chi connectivity index (χ4n) is 7.86. The van der Waals surface area contributed by atoms with Crippen LogP contribution in [0.25, 0.3) is 0 Å². The van der Waals surface area contributed by atoms with Crippen molar-refractivity contribution in [3.63, 3.8) is 0 Å². The van der Waals surface area contributed by atoms with Crippen LogP contribution < -0.4 is 5.32 Å². The predicted octanol–water partition coefficient (Wildman–Crippen LogP) is 10.1. The second kappa shape index (κ2) is 39.0. The number of nitrogens with one attached hydrogen (secondary N) is 1. The molecule has 1 aliphatic rings. The normalized spacial score (nSPS) is 20.8. The number of rotatable bonds is 42. The van der Waals surface area contributed by atoms with Gasteiger partial charge in [-0.05, 0) is 44.9 Å². The molecule has 6 N–H and O–H groups in total. The quantitative estimate of drug-likeness (QED) is 0.0194. The van der Waals surface area contributed by atoms with E-state index in [0.29, 0.717) is 6.42 Å². The maximum Gasteiger partial charge on any atom is 0.397 e. The molecule has 1 fully saturated rings. The molecule has 7 unspecified atom stereocenters. The Morgan fingerprint density at radius 3 is 1.48 bits per heavy atom. The van der Waals surface area contributed by atoms with E-state index in [1.807, 2.05) is 6.08 Å². The van der Waals surface area contributed by atoms with Gasteiger partial charge in [0.15, 0.2) is 6.29 Å². The molecular weight excluding hydrogens is 799 g/mol. The zero-order valence-corrected chi connectivity index (χ0v) is 39.3. The monoisotopic (exact) mass is 890 g/mol. The van der Waals surface area contributed by atoms with Gasteiger partial charge in [0.1, 0.15) is 24.4 Å². The van der Waals surface area contributed by atoms with Gasteiger partial charge in [-0.3, -0.25) is 9.35 Å². The lowest BCUT2D eigenvalue weighted by Gasteiger charge is -2.41. The second-order valence-electron chi connectivity index (χ2n) is 17.4. The van der Waals surface area contributed by atoms with Gasteiger partial charge in [-0.2, -0.15) is 8.42 Å². The lowest BCUT2D eigenvalue weighted by Crippen LogP contribution is -2.61. The smallest absolute Gasteiger partial charge is 0.394 e. The first-order valence-electron chi connectivity index (χ1n) is 24.7. The molecule has 1 saturated heterocycles. The van der Waals surface area contributed by atoms with Crippen molar-refractivity contribution in [2.45, 2.75) is 262 Å². The third-order valence-electron chi connectivity index (χ3n) is 11.7. The molecule has 61 heavy (non-hydrogen) atoms. The molecule has 0 saturated carbocycles. The van der Waals surface area contributed by atoms with Crippen LogP contribution in [-0.4, -0.2) is 95.4 Å². The summed E-state index contributed by atoms with van der Waals surface area (Å²) in [5.41, 5.74) is 0. The minimum atomic E-state index is -5.09. The van der Waals surface area contributed by atoms with E-state index in [0.717, 1.165) is 57.8 Å². The highest BCUT2D eigenvalue weighted by molar-refractivity contribution is 7.80. The third kappa shape index (κ3) is 32.0. The topological polar surface area (TPSA) is 192 Å². The van der Waals surface area contributed by atoms with Gasteiger partial charge in [0, 0.05) is 6.42 Å². The molecule has 0 spiro atoms. The summed E-state index contributed by atoms with van der Waals surface area (Å²) in [5, 5.41) is 44.8. The van der Waals surface area contributed by atoms with Crippen molar-refractivity contribution in [2.75, 3.05) is 13.2 Å². The van der Waals surface area contributed by atoms with Crippen molar-refractivity contribution in [1.29, 1.82) is 0 Å². The molecule has 1 amide bonds. The van der Waals surface area contributed by atoms with E-state index in [4.69, 9.17) is 9.47 Å². The Labute approximate surface area is 372 Å². The van der Waals surface area contributed by atoms with Crippen LogP contribution in [0.5, 0.6) is 0 Å². The molecular formula is C48H91NO11S. The van der Waals surface area contributed by atoms with Crippen LogP contribution in [0.15, 0.2) is 24.3 Å². The molecule has 1 rings (SSSR count). The number of hydrogen-bond donors (Lipinski definition) is 6. The van der Waals surface area contributed by atoms with Crippen molar-refractivity contribution in [3.05, 3.63) is 24.3 Å². The summed E-state index contributed by atoms with van der Waals surface area (Å²) in [6.45, 7) is 3.39. The number of aliphatic hydroxyl groups excluding tert-OH is 4. The first-order chi connectivity index (χ1) is 29.5. The Hall–Kier alpha value is -1.42. The number of hydrogen-bond acceptors (Lipinski definition) is 10. The summed E-state index contributed by atoms with van der Waals surface area (Å²) in [6, 6.07) is -0.946. The lowest BCUT2D eigenvalue weighted by molar-refractivity contribution is -0.298. The van der Waals surface area contributed by atoms with Crippen molar-refractivity contribution in [1.82, 2.24) is 5.32 Å². The van der Waals surface area contributed by atoms with E-state index in [2.05, 4.69) is 35.5 Å². The van der Waals surface area contributed by atoms with Crippen LogP contribution in [0.4, 0.5) is 0 Å². The molecule has 0 radical (unpaired) electrons. The molecule has 13 heteroatoms. The van der Waals surface area contributed by atoms with E-state index in [1.54, 1.807) is 6.08 Å². The summed E-state index contributed by atoms with van der Waals surface area (Å²) in [5.74, 6) is -0.270. The highest BCUT2D eigenvalue weighted by Crippen LogP contribution is 2.26. The van der Waals surface area contributed by atoms with E-state index in [9.17, 15) is 38.2 Å². The summed E-state index contributed by atoms with van der Waals surface area (Å²) in [4.78, 5) is 13.0. The van der Waals surface area contributed by atoms with Crippen molar-refractivity contribution < 1.29 is 51.8 Å². The molecule has 0 bridgehead atoms.